The van der Waals surface area contributed by atoms with Gasteiger partial charge in [-0.2, -0.15) is 5.26 Å². The molecule has 33 heavy (non-hydrogen) atoms. The molecule has 3 aromatic carbocycles. The first kappa shape index (κ1) is 23.5. The highest BCUT2D eigenvalue weighted by Crippen LogP contribution is 2.25. The van der Waals surface area contributed by atoms with E-state index in [4.69, 9.17) is 4.74 Å². The van der Waals surface area contributed by atoms with Gasteiger partial charge in [-0.3, -0.25) is 4.79 Å². The van der Waals surface area contributed by atoms with Crippen LogP contribution in [0.5, 0.6) is 0 Å². The molecule has 5 nitrogen and oxygen atoms in total. The van der Waals surface area contributed by atoms with Crippen LogP contribution in [0.1, 0.15) is 38.7 Å². The van der Waals surface area contributed by atoms with Crippen LogP contribution in [0.3, 0.4) is 0 Å². The summed E-state index contributed by atoms with van der Waals surface area (Å²) in [5, 5.41) is 9.59. The third-order valence-corrected chi connectivity index (χ3v) is 5.24. The number of carbonyl (C=O) groups is 2. The Labute approximate surface area is 194 Å². The zero-order valence-corrected chi connectivity index (χ0v) is 19.2. The number of aryl methyl sites for hydroxylation is 2. The van der Waals surface area contributed by atoms with Gasteiger partial charge in [0.05, 0.1) is 0 Å². The van der Waals surface area contributed by atoms with Gasteiger partial charge in [-0.05, 0) is 37.6 Å². The highest BCUT2D eigenvalue weighted by molar-refractivity contribution is 6.04. The largest absolute Gasteiger partial charge is 0.445 e. The molecular formula is C28H26N2O3. The van der Waals surface area contributed by atoms with Gasteiger partial charge in [0.2, 0.25) is 5.78 Å². The first-order valence-corrected chi connectivity index (χ1v) is 10.6. The summed E-state index contributed by atoms with van der Waals surface area (Å²) >= 11 is 0. The monoisotopic (exact) mass is 438 g/mol. The van der Waals surface area contributed by atoms with Gasteiger partial charge in [0.15, 0.2) is 6.10 Å². The summed E-state index contributed by atoms with van der Waals surface area (Å²) in [5.41, 5.74) is 4.52. The van der Waals surface area contributed by atoms with Crippen molar-refractivity contribution >= 4 is 23.5 Å². The molecule has 3 aromatic rings. The highest BCUT2D eigenvalue weighted by Gasteiger charge is 2.27. The number of Topliss-reactive ketones (excluding diaryl/α,β-unsaturated/α-hetero) is 1. The number of carbonyl (C=O) groups excluding carboxylic acids is 2. The molecule has 0 aliphatic carbocycles. The van der Waals surface area contributed by atoms with Gasteiger partial charge in [-0.25, -0.2) is 4.79 Å². The quantitative estimate of drug-likeness (QED) is 0.212. The van der Waals surface area contributed by atoms with Gasteiger partial charge < -0.3 is 9.64 Å². The molecule has 0 N–H and O–H groups in total. The number of anilines is 1. The fourth-order valence-electron chi connectivity index (χ4n) is 3.23. The van der Waals surface area contributed by atoms with Gasteiger partial charge in [-0.15, -0.1) is 0 Å². The van der Waals surface area contributed by atoms with Crippen LogP contribution < -0.4 is 4.90 Å². The lowest BCUT2D eigenvalue weighted by atomic mass is 9.98. The van der Waals surface area contributed by atoms with Gasteiger partial charge in [0.1, 0.15) is 11.6 Å². The Kier molecular flexibility index (Phi) is 7.42. The molecule has 1 atom stereocenters. The number of nitriles is 1. The SMILES string of the molecule is Cc1ccc(C(=O)[C@@H](OC(=O)/C(C#N)=C/c2ccc(N(C)C)cc2)c2ccc(C)cc2)cc1. The van der Waals surface area contributed by atoms with Gasteiger partial charge in [-0.1, -0.05) is 71.8 Å². The molecular weight excluding hydrogens is 412 g/mol. The van der Waals surface area contributed by atoms with Crippen molar-refractivity contribution in [3.8, 4) is 6.07 Å². The van der Waals surface area contributed by atoms with E-state index >= 15 is 0 Å². The van der Waals surface area contributed by atoms with E-state index in [1.807, 2.05) is 87.4 Å². The molecule has 0 radical (unpaired) electrons. The Balaban J connectivity index is 1.91. The molecule has 0 heterocycles. The summed E-state index contributed by atoms with van der Waals surface area (Å²) in [6, 6.07) is 23.6. The number of esters is 1. The fourth-order valence-corrected chi connectivity index (χ4v) is 3.23. The van der Waals surface area contributed by atoms with Crippen molar-refractivity contribution < 1.29 is 14.3 Å². The zero-order chi connectivity index (χ0) is 24.0. The summed E-state index contributed by atoms with van der Waals surface area (Å²) in [5.74, 6) is -1.19. The summed E-state index contributed by atoms with van der Waals surface area (Å²) in [6.07, 6.45) is 0.304. The Morgan fingerprint density at radius 2 is 1.42 bits per heavy atom. The Bertz CT molecular complexity index is 1200. The maximum Gasteiger partial charge on any atom is 0.349 e. The summed E-state index contributed by atoms with van der Waals surface area (Å²) in [7, 11) is 3.86. The smallest absolute Gasteiger partial charge is 0.349 e. The predicted molar refractivity (Wildman–Crippen MR) is 130 cm³/mol. The number of hydrogen-bond acceptors (Lipinski definition) is 5. The number of ketones is 1. The predicted octanol–water partition coefficient (Wildman–Crippen LogP) is 5.44. The van der Waals surface area contributed by atoms with Crippen LogP contribution >= 0.6 is 0 Å². The van der Waals surface area contributed by atoms with E-state index in [2.05, 4.69) is 0 Å². The lowest BCUT2D eigenvalue weighted by Gasteiger charge is -2.18. The van der Waals surface area contributed by atoms with E-state index < -0.39 is 12.1 Å². The average Bonchev–Trinajstić information content (AvgIpc) is 2.82. The number of ether oxygens (including phenoxy) is 1. The number of nitrogens with zero attached hydrogens (tertiary/aromatic N) is 2. The summed E-state index contributed by atoms with van der Waals surface area (Å²) in [4.78, 5) is 28.1. The molecule has 0 saturated carbocycles. The van der Waals surface area contributed by atoms with Crippen molar-refractivity contribution in [2.75, 3.05) is 19.0 Å². The second-order valence-corrected chi connectivity index (χ2v) is 8.08. The Morgan fingerprint density at radius 3 is 1.94 bits per heavy atom. The standard InChI is InChI=1S/C28H26N2O3/c1-19-5-11-22(12-6-19)26(31)27(23-13-7-20(2)8-14-23)33-28(32)24(18-29)17-21-9-15-25(16-10-21)30(3)4/h5-17,27H,1-4H3/b24-17+/t27-/m0/s1. The molecule has 0 aromatic heterocycles. The molecule has 0 bridgehead atoms. The summed E-state index contributed by atoms with van der Waals surface area (Å²) < 4.78 is 5.62. The second-order valence-electron chi connectivity index (χ2n) is 8.08. The summed E-state index contributed by atoms with van der Waals surface area (Å²) in [6.45, 7) is 3.87. The lowest BCUT2D eigenvalue weighted by molar-refractivity contribution is -0.142. The lowest BCUT2D eigenvalue weighted by Crippen LogP contribution is -2.21. The van der Waals surface area contributed by atoms with Crippen molar-refractivity contribution in [1.29, 1.82) is 5.26 Å². The fraction of sp³-hybridized carbons (Fsp3) is 0.179. The van der Waals surface area contributed by atoms with Crippen LogP contribution in [0.25, 0.3) is 6.08 Å². The molecule has 0 unspecified atom stereocenters. The number of rotatable bonds is 7. The van der Waals surface area contributed by atoms with Crippen LogP contribution in [0, 0.1) is 25.2 Å². The van der Waals surface area contributed by atoms with E-state index in [1.165, 1.54) is 6.08 Å². The van der Waals surface area contributed by atoms with Crippen molar-refractivity contribution in [3.63, 3.8) is 0 Å². The van der Waals surface area contributed by atoms with Crippen molar-refractivity contribution in [2.45, 2.75) is 20.0 Å². The van der Waals surface area contributed by atoms with E-state index in [9.17, 15) is 14.9 Å². The third-order valence-electron chi connectivity index (χ3n) is 5.24. The first-order valence-electron chi connectivity index (χ1n) is 10.6. The molecule has 0 spiro atoms. The highest BCUT2D eigenvalue weighted by atomic mass is 16.5. The minimum Gasteiger partial charge on any atom is -0.445 e. The normalized spacial score (nSPS) is 11.9. The van der Waals surface area contributed by atoms with E-state index in [0.717, 1.165) is 16.8 Å². The maximum absolute atomic E-state index is 13.3. The average molecular weight is 439 g/mol. The number of benzene rings is 3. The molecule has 0 aliphatic heterocycles. The van der Waals surface area contributed by atoms with Crippen LogP contribution in [0.2, 0.25) is 0 Å². The van der Waals surface area contributed by atoms with Crippen molar-refractivity contribution in [2.24, 2.45) is 0 Å². The third kappa shape index (κ3) is 5.96. The molecule has 5 heteroatoms. The van der Waals surface area contributed by atoms with Crippen LogP contribution in [0.4, 0.5) is 5.69 Å². The Hall–Kier alpha value is -4.17. The van der Waals surface area contributed by atoms with E-state index in [-0.39, 0.29) is 11.4 Å². The topological polar surface area (TPSA) is 70.4 Å². The van der Waals surface area contributed by atoms with Crippen LogP contribution in [-0.4, -0.2) is 25.8 Å². The second kappa shape index (κ2) is 10.4. The van der Waals surface area contributed by atoms with Crippen LogP contribution in [-0.2, 0) is 9.53 Å². The molecule has 0 fully saturated rings. The molecule has 166 valence electrons. The van der Waals surface area contributed by atoms with Crippen LogP contribution in [0.15, 0.2) is 78.4 Å². The van der Waals surface area contributed by atoms with Crippen molar-refractivity contribution in [1.82, 2.24) is 0 Å². The van der Waals surface area contributed by atoms with Gasteiger partial charge >= 0.3 is 5.97 Å². The molecule has 0 aliphatic rings. The van der Waals surface area contributed by atoms with E-state index in [0.29, 0.717) is 16.7 Å². The first-order chi connectivity index (χ1) is 15.8. The number of hydrogen-bond donors (Lipinski definition) is 0. The van der Waals surface area contributed by atoms with E-state index in [1.54, 1.807) is 24.3 Å². The van der Waals surface area contributed by atoms with Crippen molar-refractivity contribution in [3.05, 3.63) is 106 Å². The minimum absolute atomic E-state index is 0.179. The molecule has 0 saturated heterocycles. The zero-order valence-electron chi connectivity index (χ0n) is 19.2. The Morgan fingerprint density at radius 1 is 0.879 bits per heavy atom. The van der Waals surface area contributed by atoms with Gasteiger partial charge in [0.25, 0.3) is 0 Å². The maximum atomic E-state index is 13.3. The van der Waals surface area contributed by atoms with Gasteiger partial charge in [0, 0.05) is 30.9 Å². The molecule has 0 amide bonds. The minimum atomic E-state index is -1.16. The molecule has 3 rings (SSSR count).